The molecule has 2 aliphatic rings. The van der Waals surface area contributed by atoms with Gasteiger partial charge in [0.25, 0.3) is 12.5 Å². The number of halogens is 3. The molecule has 0 unspecified atom stereocenters. The van der Waals surface area contributed by atoms with Crippen molar-refractivity contribution in [3.8, 4) is 12.3 Å². The van der Waals surface area contributed by atoms with E-state index in [0.717, 1.165) is 4.90 Å². The average molecular weight is 513 g/mol. The van der Waals surface area contributed by atoms with E-state index < -0.39 is 28.2 Å². The minimum Gasteiger partial charge on any atom is -0.497 e. The van der Waals surface area contributed by atoms with Crippen molar-refractivity contribution in [2.45, 2.75) is 17.9 Å². The molecule has 1 aliphatic carbocycles. The van der Waals surface area contributed by atoms with Crippen LogP contribution in [0.15, 0.2) is 66.7 Å². The molecule has 0 spiro atoms. The summed E-state index contributed by atoms with van der Waals surface area (Å²) in [4.78, 5) is 33.4. The molecule has 0 radical (unpaired) electrons. The number of benzene rings is 3. The molecule has 5 rings (SSSR count). The Morgan fingerprint density at radius 1 is 0.824 bits per heavy atom. The number of ether oxygens (including phenoxy) is 1. The van der Waals surface area contributed by atoms with Crippen molar-refractivity contribution in [3.05, 3.63) is 97.8 Å². The van der Waals surface area contributed by atoms with Gasteiger partial charge in [0, 0.05) is 15.1 Å². The van der Waals surface area contributed by atoms with E-state index in [1.165, 1.54) is 18.2 Å². The zero-order chi connectivity index (χ0) is 24.5. The van der Waals surface area contributed by atoms with Gasteiger partial charge in [-0.15, -0.1) is 0 Å². The minimum absolute atomic E-state index is 0.267. The lowest BCUT2D eigenvalue weighted by atomic mass is 9.78. The molecule has 5 nitrogen and oxygen atoms in total. The highest BCUT2D eigenvalue weighted by Gasteiger charge is 3.06. The SMILES string of the molecule is C#[N+][C@@]12C(=O)N(c3cc(Cl)cc(Cl)c3)C(=O)[C@]1(C)[C@]2(c1ccc(Cl)cc1)c1ccc(OC)cc1. The predicted octanol–water partition coefficient (Wildman–Crippen LogP) is 6.24. The van der Waals surface area contributed by atoms with Crippen molar-refractivity contribution in [1.29, 1.82) is 0 Å². The third-order valence-electron chi connectivity index (χ3n) is 7.20. The Hall–Kier alpha value is -3.04. The summed E-state index contributed by atoms with van der Waals surface area (Å²) < 4.78 is 5.30. The first-order chi connectivity index (χ1) is 16.2. The van der Waals surface area contributed by atoms with E-state index in [1.54, 1.807) is 50.4 Å². The van der Waals surface area contributed by atoms with Crippen LogP contribution in [0.25, 0.3) is 4.85 Å². The molecule has 1 saturated carbocycles. The molecule has 3 aromatic rings. The highest BCUT2D eigenvalue weighted by Crippen LogP contribution is 2.81. The van der Waals surface area contributed by atoms with Crippen molar-refractivity contribution in [3.63, 3.8) is 0 Å². The van der Waals surface area contributed by atoms with E-state index in [9.17, 15) is 9.59 Å². The summed E-state index contributed by atoms with van der Waals surface area (Å²) in [5.41, 5.74) is -2.39. The first kappa shape index (κ1) is 22.7. The maximum absolute atomic E-state index is 14.1. The quantitative estimate of drug-likeness (QED) is 0.389. The predicted molar refractivity (Wildman–Crippen MR) is 133 cm³/mol. The second-order valence-electron chi connectivity index (χ2n) is 8.52. The van der Waals surface area contributed by atoms with E-state index in [0.29, 0.717) is 31.9 Å². The standard InChI is InChI=1S/C26H18Cl3N2O3/c1-24-22(32)31(20-13-18(28)12-19(29)14-20)23(33)26(24,30-2)25(24,15-4-8-17(27)9-5-15)16-6-10-21(34-3)11-7-16/h2,4-14H,1,3H3/q+1/t24-,25+,26+/m1/s1. The summed E-state index contributed by atoms with van der Waals surface area (Å²) >= 11 is 18.5. The fourth-order valence-corrected chi connectivity index (χ4v) is 6.39. The van der Waals surface area contributed by atoms with Crippen LogP contribution in [0.3, 0.4) is 0 Å². The fourth-order valence-electron chi connectivity index (χ4n) is 5.75. The van der Waals surface area contributed by atoms with E-state index in [2.05, 4.69) is 4.85 Å². The highest BCUT2D eigenvalue weighted by molar-refractivity contribution is 6.38. The number of piperidine rings is 1. The van der Waals surface area contributed by atoms with Gasteiger partial charge in [-0.25, -0.2) is 4.90 Å². The summed E-state index contributed by atoms with van der Waals surface area (Å²) in [6.45, 7) is 7.72. The Balaban J connectivity index is 1.77. The molecule has 2 amide bonds. The zero-order valence-corrected chi connectivity index (χ0v) is 20.4. The van der Waals surface area contributed by atoms with Crippen molar-refractivity contribution in [1.82, 2.24) is 0 Å². The van der Waals surface area contributed by atoms with Gasteiger partial charge in [0.2, 0.25) is 0 Å². The number of carbonyl (C=O) groups is 2. The Morgan fingerprint density at radius 3 is 1.82 bits per heavy atom. The van der Waals surface area contributed by atoms with Gasteiger partial charge in [0.1, 0.15) is 11.2 Å². The molecule has 2 fully saturated rings. The number of imide groups is 1. The van der Waals surface area contributed by atoms with Crippen LogP contribution in [0.2, 0.25) is 15.1 Å². The van der Waals surface area contributed by atoms with Crippen LogP contribution in [-0.2, 0) is 15.0 Å². The molecule has 3 atom stereocenters. The van der Waals surface area contributed by atoms with Crippen molar-refractivity contribution in [2.75, 3.05) is 12.0 Å². The number of amides is 2. The molecule has 0 N–H and O–H groups in total. The molecule has 1 heterocycles. The van der Waals surface area contributed by atoms with Gasteiger partial charge in [-0.3, -0.25) is 9.59 Å². The summed E-state index contributed by atoms with van der Waals surface area (Å²) in [5.74, 6) is -0.361. The largest absolute Gasteiger partial charge is 0.497 e. The van der Waals surface area contributed by atoms with E-state index in [4.69, 9.17) is 46.1 Å². The number of nitrogens with zero attached hydrogens (tertiary/aromatic N) is 2. The third-order valence-corrected chi connectivity index (χ3v) is 7.89. The van der Waals surface area contributed by atoms with Crippen LogP contribution in [-0.4, -0.2) is 24.5 Å². The number of fused-ring (bicyclic) bond motifs is 1. The van der Waals surface area contributed by atoms with Gasteiger partial charge in [-0.1, -0.05) is 63.9 Å². The maximum atomic E-state index is 14.1. The smallest absolute Gasteiger partial charge is 0.387 e. The lowest BCUT2D eigenvalue weighted by Crippen LogP contribution is -2.45. The van der Waals surface area contributed by atoms with Gasteiger partial charge < -0.3 is 4.74 Å². The second-order valence-corrected chi connectivity index (χ2v) is 9.83. The van der Waals surface area contributed by atoms with Crippen molar-refractivity contribution < 1.29 is 14.3 Å². The molecule has 34 heavy (non-hydrogen) atoms. The van der Waals surface area contributed by atoms with Crippen molar-refractivity contribution in [2.24, 2.45) is 5.41 Å². The normalized spacial score (nSPS) is 27.4. The van der Waals surface area contributed by atoms with Gasteiger partial charge in [0.05, 0.1) is 12.8 Å². The summed E-state index contributed by atoms with van der Waals surface area (Å²) in [5, 5.41) is 1.12. The number of anilines is 1. The molecule has 170 valence electrons. The molecular weight excluding hydrogens is 495 g/mol. The zero-order valence-electron chi connectivity index (χ0n) is 18.2. The first-order valence-electron chi connectivity index (χ1n) is 10.4. The van der Waals surface area contributed by atoms with Gasteiger partial charge in [0.15, 0.2) is 5.41 Å². The molecule has 1 saturated heterocycles. The number of hydrogen-bond acceptors (Lipinski definition) is 3. The summed E-state index contributed by atoms with van der Waals surface area (Å²) in [6.07, 6.45) is 0. The maximum Gasteiger partial charge on any atom is 0.387 e. The number of carbonyl (C=O) groups excluding carboxylic acids is 2. The molecule has 0 aromatic heterocycles. The van der Waals surface area contributed by atoms with Gasteiger partial charge in [-0.2, -0.15) is 0 Å². The van der Waals surface area contributed by atoms with Gasteiger partial charge in [-0.05, 0) is 60.5 Å². The number of rotatable bonds is 4. The first-order valence-corrected chi connectivity index (χ1v) is 11.5. The Kier molecular flexibility index (Phi) is 5.00. The molecule has 8 heteroatoms. The Bertz CT molecular complexity index is 1380. The van der Waals surface area contributed by atoms with E-state index in [-0.39, 0.29) is 5.69 Å². The third kappa shape index (κ3) is 2.51. The summed E-state index contributed by atoms with van der Waals surface area (Å²) in [7, 11) is 1.56. The number of methoxy groups -OCH3 is 1. The van der Waals surface area contributed by atoms with E-state index in [1.807, 2.05) is 12.1 Å². The average Bonchev–Trinajstić information content (AvgIpc) is 3.27. The molecular formula is C26H18Cl3N2O3+. The van der Waals surface area contributed by atoms with Crippen LogP contribution in [0.4, 0.5) is 5.69 Å². The molecule has 1 aliphatic heterocycles. The van der Waals surface area contributed by atoms with Crippen LogP contribution in [0.5, 0.6) is 5.75 Å². The highest BCUT2D eigenvalue weighted by atomic mass is 35.5. The minimum atomic E-state index is -1.59. The fraction of sp³-hybridized carbons (Fsp3) is 0.192. The van der Waals surface area contributed by atoms with Crippen LogP contribution >= 0.6 is 34.8 Å². The number of hydrogen-bond donors (Lipinski definition) is 0. The van der Waals surface area contributed by atoms with Crippen molar-refractivity contribution >= 4 is 52.3 Å². The van der Waals surface area contributed by atoms with Crippen LogP contribution in [0, 0.1) is 12.0 Å². The summed E-state index contributed by atoms with van der Waals surface area (Å²) in [6, 6.07) is 18.8. The second kappa shape index (κ2) is 7.48. The Morgan fingerprint density at radius 2 is 1.35 bits per heavy atom. The Labute approximate surface area is 211 Å². The van der Waals surface area contributed by atoms with Gasteiger partial charge >= 0.3 is 11.4 Å². The topological polar surface area (TPSA) is 51.0 Å². The van der Waals surface area contributed by atoms with Crippen LogP contribution in [0.1, 0.15) is 18.1 Å². The lowest BCUT2D eigenvalue weighted by molar-refractivity contribution is -0.125. The molecule has 0 bridgehead atoms. The lowest BCUT2D eigenvalue weighted by Gasteiger charge is -2.27. The van der Waals surface area contributed by atoms with E-state index >= 15 is 0 Å². The molecule has 3 aromatic carbocycles. The monoisotopic (exact) mass is 511 g/mol. The van der Waals surface area contributed by atoms with Crippen LogP contribution < -0.4 is 9.64 Å².